The Balaban J connectivity index is 2.47. The third kappa shape index (κ3) is 2.72. The lowest BCUT2D eigenvalue weighted by Gasteiger charge is -2.34. The minimum atomic E-state index is -3.44. The average Bonchev–Trinajstić information content (AvgIpc) is 2.29. The molecule has 1 aliphatic carbocycles. The summed E-state index contributed by atoms with van der Waals surface area (Å²) in [6.45, 7) is 2.14. The van der Waals surface area contributed by atoms with Crippen molar-refractivity contribution < 1.29 is 8.42 Å². The van der Waals surface area contributed by atoms with Crippen LogP contribution in [0.25, 0.3) is 0 Å². The Kier molecular flexibility index (Phi) is 4.35. The lowest BCUT2D eigenvalue weighted by atomic mass is 9.94. The second-order valence-electron chi connectivity index (χ2n) is 5.01. The number of hydrogen-bond donors (Lipinski definition) is 1. The van der Waals surface area contributed by atoms with Crippen LogP contribution in [0.3, 0.4) is 0 Å². The lowest BCUT2D eigenvalue weighted by molar-refractivity contribution is 0.249. The molecule has 1 saturated carbocycles. The Morgan fingerprint density at radius 3 is 2.53 bits per heavy atom. The van der Waals surface area contributed by atoms with Crippen LogP contribution < -0.4 is 5.73 Å². The molecule has 0 aromatic heterocycles. The van der Waals surface area contributed by atoms with E-state index in [0.717, 1.165) is 34.9 Å². The first kappa shape index (κ1) is 15.0. The van der Waals surface area contributed by atoms with Crippen molar-refractivity contribution in [1.82, 2.24) is 4.31 Å². The number of benzene rings is 1. The summed E-state index contributed by atoms with van der Waals surface area (Å²) in [4.78, 5) is 0.358. The Bertz CT molecular complexity index is 583. The van der Waals surface area contributed by atoms with Crippen LogP contribution in [0, 0.1) is 6.92 Å². The van der Waals surface area contributed by atoms with E-state index in [-0.39, 0.29) is 6.04 Å². The summed E-state index contributed by atoms with van der Waals surface area (Å²) in [5, 5.41) is 0. The van der Waals surface area contributed by atoms with Crippen LogP contribution in [-0.2, 0) is 16.6 Å². The maximum atomic E-state index is 12.7. The van der Waals surface area contributed by atoms with Gasteiger partial charge >= 0.3 is 0 Å². The van der Waals surface area contributed by atoms with E-state index in [1.54, 1.807) is 13.1 Å². The third-order valence-corrected chi connectivity index (χ3v) is 6.70. The number of nitrogens with two attached hydrogens (primary N) is 1. The molecule has 6 heteroatoms. The van der Waals surface area contributed by atoms with E-state index in [9.17, 15) is 8.42 Å². The summed E-state index contributed by atoms with van der Waals surface area (Å²) in [6, 6.07) is 3.70. The predicted molar refractivity (Wildman–Crippen MR) is 79.4 cm³/mol. The number of rotatable bonds is 4. The predicted octanol–water partition coefficient (Wildman–Crippen LogP) is 2.39. The summed E-state index contributed by atoms with van der Waals surface area (Å²) in [7, 11) is -1.77. The standard InChI is InChI=1S/C13H19BrN2O2S/c1-9-12(14)6-10(8-15)7-13(9)19(17,18)16(2)11-4-3-5-11/h6-7,11H,3-5,8,15H2,1-2H3. The van der Waals surface area contributed by atoms with Crippen molar-refractivity contribution in [2.24, 2.45) is 5.73 Å². The molecule has 2 rings (SSSR count). The first-order chi connectivity index (χ1) is 8.87. The van der Waals surface area contributed by atoms with E-state index in [0.29, 0.717) is 11.4 Å². The highest BCUT2D eigenvalue weighted by atomic mass is 79.9. The number of sulfonamides is 1. The molecule has 0 radical (unpaired) electrons. The fourth-order valence-corrected chi connectivity index (χ4v) is 4.54. The van der Waals surface area contributed by atoms with Gasteiger partial charge in [0.05, 0.1) is 4.90 Å². The van der Waals surface area contributed by atoms with E-state index in [1.807, 2.05) is 13.0 Å². The van der Waals surface area contributed by atoms with Crippen LogP contribution in [0.15, 0.2) is 21.5 Å². The van der Waals surface area contributed by atoms with Gasteiger partial charge in [-0.05, 0) is 43.0 Å². The topological polar surface area (TPSA) is 63.4 Å². The van der Waals surface area contributed by atoms with Crippen molar-refractivity contribution in [2.75, 3.05) is 7.05 Å². The quantitative estimate of drug-likeness (QED) is 0.910. The second kappa shape index (κ2) is 5.52. The van der Waals surface area contributed by atoms with Gasteiger partial charge in [0, 0.05) is 24.1 Å². The highest BCUT2D eigenvalue weighted by Gasteiger charge is 2.33. The van der Waals surface area contributed by atoms with Gasteiger partial charge in [-0.15, -0.1) is 0 Å². The average molecular weight is 347 g/mol. The van der Waals surface area contributed by atoms with E-state index >= 15 is 0 Å². The third-order valence-electron chi connectivity index (χ3n) is 3.84. The fourth-order valence-electron chi connectivity index (χ4n) is 2.19. The van der Waals surface area contributed by atoms with E-state index in [4.69, 9.17) is 5.73 Å². The minimum absolute atomic E-state index is 0.143. The van der Waals surface area contributed by atoms with Gasteiger partial charge < -0.3 is 5.73 Å². The molecule has 0 amide bonds. The molecule has 0 unspecified atom stereocenters. The van der Waals surface area contributed by atoms with Crippen LogP contribution in [0.1, 0.15) is 30.4 Å². The van der Waals surface area contributed by atoms with Crippen LogP contribution in [0.4, 0.5) is 0 Å². The SMILES string of the molecule is Cc1c(Br)cc(CN)cc1S(=O)(=O)N(C)C1CCC1. The molecule has 0 spiro atoms. The monoisotopic (exact) mass is 346 g/mol. The largest absolute Gasteiger partial charge is 0.326 e. The first-order valence-electron chi connectivity index (χ1n) is 6.35. The molecule has 19 heavy (non-hydrogen) atoms. The van der Waals surface area contributed by atoms with Gasteiger partial charge in [0.15, 0.2) is 0 Å². The van der Waals surface area contributed by atoms with Gasteiger partial charge in [-0.1, -0.05) is 22.4 Å². The molecule has 0 atom stereocenters. The summed E-state index contributed by atoms with van der Waals surface area (Å²) in [6.07, 6.45) is 3.01. The Hall–Kier alpha value is -0.430. The van der Waals surface area contributed by atoms with Gasteiger partial charge in [-0.2, -0.15) is 4.31 Å². The van der Waals surface area contributed by atoms with Crippen molar-refractivity contribution in [1.29, 1.82) is 0 Å². The molecule has 106 valence electrons. The Morgan fingerprint density at radius 1 is 1.42 bits per heavy atom. The second-order valence-corrected chi connectivity index (χ2v) is 7.83. The molecular weight excluding hydrogens is 328 g/mol. The van der Waals surface area contributed by atoms with Gasteiger partial charge in [0.25, 0.3) is 0 Å². The molecule has 1 aromatic rings. The highest BCUT2D eigenvalue weighted by molar-refractivity contribution is 9.10. The summed E-state index contributed by atoms with van der Waals surface area (Å²) < 4.78 is 27.6. The zero-order chi connectivity index (χ0) is 14.2. The van der Waals surface area contributed by atoms with Gasteiger partial charge in [-0.3, -0.25) is 0 Å². The summed E-state index contributed by atoms with van der Waals surface area (Å²) >= 11 is 3.41. The maximum Gasteiger partial charge on any atom is 0.243 e. The minimum Gasteiger partial charge on any atom is -0.326 e. The molecule has 0 bridgehead atoms. The van der Waals surface area contributed by atoms with Crippen LogP contribution in [-0.4, -0.2) is 25.8 Å². The molecular formula is C13H19BrN2O2S. The molecule has 4 nitrogen and oxygen atoms in total. The fraction of sp³-hybridized carbons (Fsp3) is 0.538. The van der Waals surface area contributed by atoms with E-state index < -0.39 is 10.0 Å². The van der Waals surface area contributed by atoms with E-state index in [1.165, 1.54) is 4.31 Å². The molecule has 1 fully saturated rings. The van der Waals surface area contributed by atoms with Gasteiger partial charge in [0.2, 0.25) is 10.0 Å². The van der Waals surface area contributed by atoms with Crippen molar-refractivity contribution >= 4 is 26.0 Å². The number of nitrogens with zero attached hydrogens (tertiary/aromatic N) is 1. The first-order valence-corrected chi connectivity index (χ1v) is 8.58. The summed E-state index contributed by atoms with van der Waals surface area (Å²) in [5.74, 6) is 0. The normalized spacial score (nSPS) is 16.7. The smallest absolute Gasteiger partial charge is 0.243 e. The zero-order valence-corrected chi connectivity index (χ0v) is 13.6. The van der Waals surface area contributed by atoms with E-state index in [2.05, 4.69) is 15.9 Å². The zero-order valence-electron chi connectivity index (χ0n) is 11.2. The molecule has 1 aromatic carbocycles. The molecule has 0 saturated heterocycles. The maximum absolute atomic E-state index is 12.7. The number of hydrogen-bond acceptors (Lipinski definition) is 3. The van der Waals surface area contributed by atoms with Crippen molar-refractivity contribution in [3.63, 3.8) is 0 Å². The van der Waals surface area contributed by atoms with Crippen molar-refractivity contribution in [3.8, 4) is 0 Å². The number of halogens is 1. The Morgan fingerprint density at radius 2 is 2.05 bits per heavy atom. The van der Waals surface area contributed by atoms with Crippen LogP contribution in [0.2, 0.25) is 0 Å². The molecule has 2 N–H and O–H groups in total. The van der Waals surface area contributed by atoms with Crippen LogP contribution in [0.5, 0.6) is 0 Å². The van der Waals surface area contributed by atoms with Crippen LogP contribution >= 0.6 is 15.9 Å². The highest BCUT2D eigenvalue weighted by Crippen LogP contribution is 2.32. The van der Waals surface area contributed by atoms with Crippen molar-refractivity contribution in [3.05, 3.63) is 27.7 Å². The molecule has 0 heterocycles. The van der Waals surface area contributed by atoms with Gasteiger partial charge in [-0.25, -0.2) is 8.42 Å². The van der Waals surface area contributed by atoms with Crippen molar-refractivity contribution in [2.45, 2.75) is 43.7 Å². The Labute approximate surface area is 123 Å². The molecule has 0 aliphatic heterocycles. The lowest BCUT2D eigenvalue weighted by Crippen LogP contribution is -2.41. The van der Waals surface area contributed by atoms with Gasteiger partial charge in [0.1, 0.15) is 0 Å². The molecule has 1 aliphatic rings. The summed E-state index contributed by atoms with van der Waals surface area (Å²) in [5.41, 5.74) is 7.18.